The molecule has 0 atom stereocenters. The second kappa shape index (κ2) is 9.82. The lowest BCUT2D eigenvalue weighted by atomic mass is 9.98. The summed E-state index contributed by atoms with van der Waals surface area (Å²) in [7, 11) is 0. The molecule has 4 aromatic rings. The molecule has 0 spiro atoms. The van der Waals surface area contributed by atoms with Gasteiger partial charge in [0.25, 0.3) is 5.91 Å². The Morgan fingerprint density at radius 1 is 1.18 bits per heavy atom. The monoisotopic (exact) mass is 496 g/mol. The molecule has 0 bridgehead atoms. The number of fused-ring (bicyclic) bond motifs is 1. The van der Waals surface area contributed by atoms with Crippen LogP contribution in [0.3, 0.4) is 0 Å². The SMILES string of the molecule is Cc1cc(C(=O)NCC2CCNCC2)nn1Cc1cc(Cl)cc2cc(-c3ccccc3Cl)oc12. The highest BCUT2D eigenvalue weighted by molar-refractivity contribution is 6.33. The Kier molecular flexibility index (Phi) is 6.63. The summed E-state index contributed by atoms with van der Waals surface area (Å²) in [6, 6.07) is 15.1. The number of carbonyl (C=O) groups is 1. The second-order valence-electron chi connectivity index (χ2n) is 8.81. The van der Waals surface area contributed by atoms with Gasteiger partial charge in [0, 0.05) is 33.8 Å². The van der Waals surface area contributed by atoms with E-state index in [2.05, 4.69) is 15.7 Å². The molecule has 8 heteroatoms. The summed E-state index contributed by atoms with van der Waals surface area (Å²) in [5.41, 5.74) is 3.74. The Morgan fingerprint density at radius 3 is 2.76 bits per heavy atom. The maximum Gasteiger partial charge on any atom is 0.271 e. The van der Waals surface area contributed by atoms with Gasteiger partial charge in [-0.2, -0.15) is 5.10 Å². The summed E-state index contributed by atoms with van der Waals surface area (Å²) in [5.74, 6) is 1.05. The van der Waals surface area contributed by atoms with Gasteiger partial charge in [-0.3, -0.25) is 9.48 Å². The maximum absolute atomic E-state index is 12.7. The molecule has 176 valence electrons. The number of hydrogen-bond donors (Lipinski definition) is 2. The van der Waals surface area contributed by atoms with Gasteiger partial charge in [-0.25, -0.2) is 0 Å². The normalized spacial score (nSPS) is 14.6. The lowest BCUT2D eigenvalue weighted by molar-refractivity contribution is 0.0938. The minimum absolute atomic E-state index is 0.143. The van der Waals surface area contributed by atoms with E-state index in [0.717, 1.165) is 53.7 Å². The van der Waals surface area contributed by atoms with E-state index >= 15 is 0 Å². The molecule has 2 aromatic carbocycles. The van der Waals surface area contributed by atoms with Gasteiger partial charge in [-0.1, -0.05) is 35.3 Å². The van der Waals surface area contributed by atoms with E-state index in [0.29, 0.717) is 40.5 Å². The van der Waals surface area contributed by atoms with Crippen LogP contribution in [0, 0.1) is 12.8 Å². The van der Waals surface area contributed by atoms with E-state index in [1.807, 2.05) is 60.1 Å². The Balaban J connectivity index is 1.38. The number of aromatic nitrogens is 2. The standard InChI is InChI=1S/C26H26Cl2N4O2/c1-16-10-23(26(33)30-14-17-6-8-29-9-7-17)31-32(16)15-19-12-20(27)11-18-13-24(34-25(18)19)21-4-2-3-5-22(21)28/h2-5,10-13,17,29H,6-9,14-15H2,1H3,(H,30,33). The number of aryl methyl sites for hydroxylation is 1. The fraction of sp³-hybridized carbons (Fsp3) is 0.308. The number of amides is 1. The number of carbonyl (C=O) groups excluding carboxylic acids is 1. The molecule has 0 saturated carbocycles. The highest BCUT2D eigenvalue weighted by Gasteiger charge is 2.18. The predicted octanol–water partition coefficient (Wildman–Crippen LogP) is 5.69. The van der Waals surface area contributed by atoms with Crippen molar-refractivity contribution in [1.82, 2.24) is 20.4 Å². The van der Waals surface area contributed by atoms with Gasteiger partial charge >= 0.3 is 0 Å². The van der Waals surface area contributed by atoms with Crippen LogP contribution in [0.15, 0.2) is 52.9 Å². The topological polar surface area (TPSA) is 72.1 Å². The zero-order chi connectivity index (χ0) is 23.7. The van der Waals surface area contributed by atoms with E-state index in [-0.39, 0.29) is 5.91 Å². The third-order valence-electron chi connectivity index (χ3n) is 6.34. The van der Waals surface area contributed by atoms with Crippen LogP contribution in [0.1, 0.15) is 34.6 Å². The maximum atomic E-state index is 12.7. The fourth-order valence-corrected chi connectivity index (χ4v) is 4.93. The van der Waals surface area contributed by atoms with Crippen LogP contribution in [-0.4, -0.2) is 35.3 Å². The van der Waals surface area contributed by atoms with Gasteiger partial charge in [-0.15, -0.1) is 0 Å². The molecule has 6 nitrogen and oxygen atoms in total. The molecule has 34 heavy (non-hydrogen) atoms. The smallest absolute Gasteiger partial charge is 0.271 e. The van der Waals surface area contributed by atoms with Crippen LogP contribution >= 0.6 is 23.2 Å². The van der Waals surface area contributed by atoms with Crippen molar-refractivity contribution in [3.8, 4) is 11.3 Å². The van der Waals surface area contributed by atoms with Crippen molar-refractivity contribution >= 4 is 40.1 Å². The molecule has 1 amide bonds. The zero-order valence-corrected chi connectivity index (χ0v) is 20.4. The second-order valence-corrected chi connectivity index (χ2v) is 9.65. The number of nitrogens with zero attached hydrogens (tertiary/aromatic N) is 2. The van der Waals surface area contributed by atoms with Crippen molar-refractivity contribution in [3.05, 3.63) is 75.5 Å². The molecule has 5 rings (SSSR count). The van der Waals surface area contributed by atoms with Gasteiger partial charge in [0.2, 0.25) is 0 Å². The van der Waals surface area contributed by atoms with Crippen LogP contribution in [0.4, 0.5) is 0 Å². The third kappa shape index (κ3) is 4.85. The van der Waals surface area contributed by atoms with Gasteiger partial charge < -0.3 is 15.1 Å². The first-order valence-corrected chi connectivity index (χ1v) is 12.2. The van der Waals surface area contributed by atoms with Gasteiger partial charge in [0.05, 0.1) is 11.6 Å². The van der Waals surface area contributed by atoms with Gasteiger partial charge in [0.15, 0.2) is 0 Å². The number of halogens is 2. The number of piperidine rings is 1. The minimum Gasteiger partial charge on any atom is -0.456 e. The molecule has 0 radical (unpaired) electrons. The van der Waals surface area contributed by atoms with E-state index in [1.165, 1.54) is 0 Å². The molecular formula is C26H26Cl2N4O2. The van der Waals surface area contributed by atoms with Crippen LogP contribution in [0.5, 0.6) is 0 Å². The summed E-state index contributed by atoms with van der Waals surface area (Å²) in [4.78, 5) is 12.7. The molecule has 1 fully saturated rings. The molecule has 1 aliphatic rings. The Labute approximate surface area is 208 Å². The average molecular weight is 497 g/mol. The van der Waals surface area contributed by atoms with E-state index in [4.69, 9.17) is 27.6 Å². The van der Waals surface area contributed by atoms with Crippen LogP contribution in [0.25, 0.3) is 22.3 Å². The summed E-state index contributed by atoms with van der Waals surface area (Å²) in [6.45, 7) is 5.06. The number of benzene rings is 2. The van der Waals surface area contributed by atoms with Crippen molar-refractivity contribution in [2.45, 2.75) is 26.3 Å². The summed E-state index contributed by atoms with van der Waals surface area (Å²) < 4.78 is 8.03. The van der Waals surface area contributed by atoms with Crippen molar-refractivity contribution in [2.24, 2.45) is 5.92 Å². The number of nitrogens with one attached hydrogen (secondary N) is 2. The predicted molar refractivity (Wildman–Crippen MR) is 136 cm³/mol. The first kappa shape index (κ1) is 23.0. The number of rotatable bonds is 6. The molecule has 2 aromatic heterocycles. The van der Waals surface area contributed by atoms with Crippen molar-refractivity contribution in [1.29, 1.82) is 0 Å². The van der Waals surface area contributed by atoms with Gasteiger partial charge in [-0.05, 0) is 75.2 Å². The molecule has 1 aliphatic heterocycles. The lowest BCUT2D eigenvalue weighted by Crippen LogP contribution is -2.36. The molecule has 3 heterocycles. The summed E-state index contributed by atoms with van der Waals surface area (Å²) in [5, 5.41) is 13.1. The minimum atomic E-state index is -0.143. The van der Waals surface area contributed by atoms with E-state index in [9.17, 15) is 4.79 Å². The van der Waals surface area contributed by atoms with Crippen LogP contribution < -0.4 is 10.6 Å². The first-order valence-electron chi connectivity index (χ1n) is 11.5. The Morgan fingerprint density at radius 2 is 1.97 bits per heavy atom. The third-order valence-corrected chi connectivity index (χ3v) is 6.89. The zero-order valence-electron chi connectivity index (χ0n) is 18.9. The van der Waals surface area contributed by atoms with Crippen molar-refractivity contribution in [3.63, 3.8) is 0 Å². The first-order chi connectivity index (χ1) is 16.5. The molecule has 0 aliphatic carbocycles. The Hall–Kier alpha value is -2.80. The highest BCUT2D eigenvalue weighted by Crippen LogP contribution is 2.35. The fourth-order valence-electron chi connectivity index (χ4n) is 4.45. The van der Waals surface area contributed by atoms with E-state index in [1.54, 1.807) is 0 Å². The highest BCUT2D eigenvalue weighted by atomic mass is 35.5. The molecular weight excluding hydrogens is 471 g/mol. The van der Waals surface area contributed by atoms with Crippen molar-refractivity contribution < 1.29 is 9.21 Å². The molecule has 1 saturated heterocycles. The Bertz CT molecular complexity index is 1340. The van der Waals surface area contributed by atoms with E-state index < -0.39 is 0 Å². The number of furan rings is 1. The quantitative estimate of drug-likeness (QED) is 0.359. The summed E-state index contributed by atoms with van der Waals surface area (Å²) in [6.07, 6.45) is 2.16. The van der Waals surface area contributed by atoms with Crippen LogP contribution in [0.2, 0.25) is 10.0 Å². The largest absolute Gasteiger partial charge is 0.456 e. The summed E-state index contributed by atoms with van der Waals surface area (Å²) >= 11 is 12.8. The van der Waals surface area contributed by atoms with Gasteiger partial charge in [0.1, 0.15) is 17.0 Å². The van der Waals surface area contributed by atoms with Crippen LogP contribution in [-0.2, 0) is 6.54 Å². The lowest BCUT2D eigenvalue weighted by Gasteiger charge is -2.22. The molecule has 2 N–H and O–H groups in total. The average Bonchev–Trinajstić information content (AvgIpc) is 3.42. The molecule has 0 unspecified atom stereocenters. The number of hydrogen-bond acceptors (Lipinski definition) is 4. The van der Waals surface area contributed by atoms with Crippen molar-refractivity contribution in [2.75, 3.05) is 19.6 Å².